The summed E-state index contributed by atoms with van der Waals surface area (Å²) in [5.41, 5.74) is 2.97. The largest absolute Gasteiger partial charge is 0.396 e. The molecule has 2 aromatic rings. The number of benzene rings is 1. The van der Waals surface area contributed by atoms with Crippen molar-refractivity contribution in [2.75, 3.05) is 6.61 Å². The molecule has 0 saturated carbocycles. The van der Waals surface area contributed by atoms with Gasteiger partial charge in [0.25, 0.3) is 0 Å². The van der Waals surface area contributed by atoms with Crippen LogP contribution in [0.4, 0.5) is 4.39 Å². The van der Waals surface area contributed by atoms with E-state index in [-0.39, 0.29) is 12.4 Å². The Morgan fingerprint density at radius 2 is 2.00 bits per heavy atom. The van der Waals surface area contributed by atoms with Crippen molar-refractivity contribution in [3.8, 4) is 0 Å². The lowest BCUT2D eigenvalue weighted by atomic mass is 10.1. The van der Waals surface area contributed by atoms with E-state index in [0.29, 0.717) is 12.8 Å². The predicted molar refractivity (Wildman–Crippen MR) is 63.3 cm³/mol. The van der Waals surface area contributed by atoms with Gasteiger partial charge in [0, 0.05) is 18.5 Å². The van der Waals surface area contributed by atoms with Crippen molar-refractivity contribution in [3.63, 3.8) is 0 Å². The summed E-state index contributed by atoms with van der Waals surface area (Å²) in [5, 5.41) is 8.84. The summed E-state index contributed by atoms with van der Waals surface area (Å²) in [6, 6.07) is 6.42. The van der Waals surface area contributed by atoms with E-state index in [1.165, 1.54) is 12.1 Å². The number of rotatable bonds is 4. The van der Waals surface area contributed by atoms with Gasteiger partial charge in [-0.2, -0.15) is 0 Å². The molecule has 4 heteroatoms. The average molecular weight is 234 g/mol. The average Bonchev–Trinajstić information content (AvgIpc) is 2.63. The lowest BCUT2D eigenvalue weighted by molar-refractivity contribution is 0.297. The van der Waals surface area contributed by atoms with E-state index in [4.69, 9.17) is 5.11 Å². The van der Waals surface area contributed by atoms with Gasteiger partial charge in [-0.1, -0.05) is 12.1 Å². The van der Waals surface area contributed by atoms with Crippen LogP contribution in [-0.4, -0.2) is 21.7 Å². The molecule has 90 valence electrons. The first kappa shape index (κ1) is 11.8. The minimum atomic E-state index is -0.228. The minimum absolute atomic E-state index is 0.0863. The molecule has 17 heavy (non-hydrogen) atoms. The number of aromatic nitrogens is 2. The van der Waals surface area contributed by atoms with Crippen molar-refractivity contribution >= 4 is 0 Å². The lowest BCUT2D eigenvalue weighted by Crippen LogP contribution is -1.94. The second-order valence-electron chi connectivity index (χ2n) is 4.03. The summed E-state index contributed by atoms with van der Waals surface area (Å²) in [4.78, 5) is 7.54. The number of imidazole rings is 1. The highest BCUT2D eigenvalue weighted by atomic mass is 19.1. The first-order valence-corrected chi connectivity index (χ1v) is 5.58. The summed E-state index contributed by atoms with van der Waals surface area (Å²) in [6.45, 7) is 2.04. The first-order chi connectivity index (χ1) is 8.19. The first-order valence-electron chi connectivity index (χ1n) is 5.58. The van der Waals surface area contributed by atoms with Crippen molar-refractivity contribution in [1.29, 1.82) is 0 Å². The number of aryl methyl sites for hydroxylation is 1. The van der Waals surface area contributed by atoms with E-state index in [0.717, 1.165) is 22.8 Å². The third kappa shape index (κ3) is 2.91. The summed E-state index contributed by atoms with van der Waals surface area (Å²) in [7, 11) is 0. The molecule has 0 fully saturated rings. The van der Waals surface area contributed by atoms with Crippen LogP contribution < -0.4 is 0 Å². The fraction of sp³-hybridized carbons (Fsp3) is 0.308. The summed E-state index contributed by atoms with van der Waals surface area (Å²) in [6.07, 6.45) is 1.21. The van der Waals surface area contributed by atoms with E-state index in [2.05, 4.69) is 9.97 Å². The Morgan fingerprint density at radius 1 is 1.29 bits per heavy atom. The number of aliphatic hydroxyl groups excluding tert-OH is 1. The molecule has 2 rings (SSSR count). The molecule has 0 aliphatic carbocycles. The van der Waals surface area contributed by atoms with Gasteiger partial charge in [-0.15, -0.1) is 0 Å². The second kappa shape index (κ2) is 5.10. The Hall–Kier alpha value is -1.68. The smallest absolute Gasteiger partial charge is 0.123 e. The van der Waals surface area contributed by atoms with Gasteiger partial charge >= 0.3 is 0 Å². The van der Waals surface area contributed by atoms with Crippen LogP contribution in [0, 0.1) is 12.7 Å². The van der Waals surface area contributed by atoms with Crippen molar-refractivity contribution in [1.82, 2.24) is 9.97 Å². The van der Waals surface area contributed by atoms with Gasteiger partial charge < -0.3 is 10.1 Å². The Bertz CT molecular complexity index is 491. The normalized spacial score (nSPS) is 10.8. The topological polar surface area (TPSA) is 48.9 Å². The van der Waals surface area contributed by atoms with Crippen LogP contribution in [0.5, 0.6) is 0 Å². The predicted octanol–water partition coefficient (Wildman–Crippen LogP) is 1.98. The zero-order valence-electron chi connectivity index (χ0n) is 9.70. The SMILES string of the molecule is Cc1[nH]c(CCO)nc1Cc1ccc(F)cc1. The molecule has 0 aliphatic rings. The van der Waals surface area contributed by atoms with Crippen LogP contribution in [-0.2, 0) is 12.8 Å². The maximum absolute atomic E-state index is 12.8. The monoisotopic (exact) mass is 234 g/mol. The van der Waals surface area contributed by atoms with E-state index in [9.17, 15) is 4.39 Å². The van der Waals surface area contributed by atoms with Crippen LogP contribution in [0.3, 0.4) is 0 Å². The molecule has 3 nitrogen and oxygen atoms in total. The molecular weight excluding hydrogens is 219 g/mol. The van der Waals surface area contributed by atoms with E-state index < -0.39 is 0 Å². The Balaban J connectivity index is 2.15. The molecular formula is C13H15FN2O. The lowest BCUT2D eigenvalue weighted by Gasteiger charge is -1.99. The quantitative estimate of drug-likeness (QED) is 0.849. The summed E-state index contributed by atoms with van der Waals surface area (Å²) in [5.74, 6) is 0.565. The number of hydrogen-bond donors (Lipinski definition) is 2. The van der Waals surface area contributed by atoms with Gasteiger partial charge in [0.05, 0.1) is 12.3 Å². The molecule has 0 amide bonds. The number of hydrogen-bond acceptors (Lipinski definition) is 2. The van der Waals surface area contributed by atoms with Crippen molar-refractivity contribution < 1.29 is 9.50 Å². The molecule has 1 aromatic carbocycles. The van der Waals surface area contributed by atoms with Gasteiger partial charge in [-0.25, -0.2) is 9.37 Å². The van der Waals surface area contributed by atoms with Crippen LogP contribution >= 0.6 is 0 Å². The fourth-order valence-electron chi connectivity index (χ4n) is 1.76. The Labute approximate surface area is 99.3 Å². The number of aromatic amines is 1. The molecule has 0 radical (unpaired) electrons. The standard InChI is InChI=1S/C13H15FN2O/c1-9-12(16-13(15-9)6-7-17)8-10-2-4-11(14)5-3-10/h2-5,17H,6-8H2,1H3,(H,15,16). The fourth-order valence-corrected chi connectivity index (χ4v) is 1.76. The number of aliphatic hydroxyl groups is 1. The van der Waals surface area contributed by atoms with Crippen LogP contribution in [0.15, 0.2) is 24.3 Å². The number of nitrogens with one attached hydrogen (secondary N) is 1. The van der Waals surface area contributed by atoms with Gasteiger partial charge in [0.1, 0.15) is 11.6 Å². The van der Waals surface area contributed by atoms with Crippen LogP contribution in [0.25, 0.3) is 0 Å². The Kier molecular flexibility index (Phi) is 3.54. The van der Waals surface area contributed by atoms with Crippen molar-refractivity contribution in [2.45, 2.75) is 19.8 Å². The summed E-state index contributed by atoms with van der Waals surface area (Å²) >= 11 is 0. The molecule has 0 saturated heterocycles. The van der Waals surface area contributed by atoms with Crippen LogP contribution in [0.1, 0.15) is 22.8 Å². The van der Waals surface area contributed by atoms with Gasteiger partial charge in [0.15, 0.2) is 0 Å². The highest BCUT2D eigenvalue weighted by Gasteiger charge is 2.07. The highest BCUT2D eigenvalue weighted by molar-refractivity contribution is 5.25. The molecule has 1 heterocycles. The van der Waals surface area contributed by atoms with E-state index in [1.54, 1.807) is 12.1 Å². The molecule has 0 unspecified atom stereocenters. The van der Waals surface area contributed by atoms with Crippen molar-refractivity contribution in [2.24, 2.45) is 0 Å². The summed E-state index contributed by atoms with van der Waals surface area (Å²) < 4.78 is 12.8. The van der Waals surface area contributed by atoms with Gasteiger partial charge in [-0.3, -0.25) is 0 Å². The third-order valence-corrected chi connectivity index (χ3v) is 2.67. The minimum Gasteiger partial charge on any atom is -0.396 e. The van der Waals surface area contributed by atoms with Gasteiger partial charge in [-0.05, 0) is 24.6 Å². The second-order valence-corrected chi connectivity index (χ2v) is 4.03. The van der Waals surface area contributed by atoms with Crippen LogP contribution in [0.2, 0.25) is 0 Å². The van der Waals surface area contributed by atoms with E-state index in [1.807, 2.05) is 6.92 Å². The zero-order valence-corrected chi connectivity index (χ0v) is 9.70. The van der Waals surface area contributed by atoms with Crippen molar-refractivity contribution in [3.05, 3.63) is 52.9 Å². The molecule has 2 N–H and O–H groups in total. The molecule has 0 aliphatic heterocycles. The molecule has 0 bridgehead atoms. The maximum atomic E-state index is 12.8. The van der Waals surface area contributed by atoms with E-state index >= 15 is 0 Å². The van der Waals surface area contributed by atoms with Gasteiger partial charge in [0.2, 0.25) is 0 Å². The number of halogens is 1. The third-order valence-electron chi connectivity index (χ3n) is 2.67. The highest BCUT2D eigenvalue weighted by Crippen LogP contribution is 2.12. The number of nitrogens with zero attached hydrogens (tertiary/aromatic N) is 1. The zero-order chi connectivity index (χ0) is 12.3. The molecule has 0 atom stereocenters. The Morgan fingerprint density at radius 3 is 2.65 bits per heavy atom. The maximum Gasteiger partial charge on any atom is 0.123 e. The molecule has 1 aromatic heterocycles. The molecule has 0 spiro atoms. The number of H-pyrrole nitrogens is 1.